The van der Waals surface area contributed by atoms with Crippen LogP contribution in [0.5, 0.6) is 0 Å². The van der Waals surface area contributed by atoms with Crippen molar-refractivity contribution < 1.29 is 45.7 Å². The van der Waals surface area contributed by atoms with Crippen LogP contribution in [0, 0.1) is 11.6 Å². The molecule has 1 unspecified atom stereocenters. The number of halogens is 2. The van der Waals surface area contributed by atoms with Gasteiger partial charge < -0.3 is 39.4 Å². The summed E-state index contributed by atoms with van der Waals surface area (Å²) in [6.07, 6.45) is 0.675. The fraction of sp³-hybridized carbons (Fsp3) is 0.514. The summed E-state index contributed by atoms with van der Waals surface area (Å²) in [5, 5.41) is 11.9. The maximum absolute atomic E-state index is 14.3. The van der Waals surface area contributed by atoms with E-state index in [9.17, 15) is 26.8 Å². The first kappa shape index (κ1) is 38.5. The minimum absolute atomic E-state index is 0.0450. The summed E-state index contributed by atoms with van der Waals surface area (Å²) in [5.41, 5.74) is 1.89. The van der Waals surface area contributed by atoms with E-state index in [1.807, 2.05) is 12.1 Å². The Morgan fingerprint density at radius 2 is 1.72 bits per heavy atom. The smallest absolute Gasteiger partial charge is 0.435 e. The number of nitrogens with zero attached hydrogens (tertiary/aromatic N) is 4. The summed E-state index contributed by atoms with van der Waals surface area (Å²) in [4.78, 5) is 31.5. The number of sulfone groups is 1. The number of aromatic nitrogens is 2. The number of methoxy groups -OCH3 is 1. The Bertz CT molecular complexity index is 1860. The van der Waals surface area contributed by atoms with Gasteiger partial charge in [-0.05, 0) is 50.2 Å². The number of fused-ring (bicyclic) bond motifs is 1. The van der Waals surface area contributed by atoms with Crippen LogP contribution in [0.1, 0.15) is 39.8 Å². The fourth-order valence-electron chi connectivity index (χ4n) is 6.58. The molecule has 2 fully saturated rings. The van der Waals surface area contributed by atoms with E-state index in [0.29, 0.717) is 43.7 Å². The summed E-state index contributed by atoms with van der Waals surface area (Å²) in [6.45, 7) is 5.20. The lowest BCUT2D eigenvalue weighted by atomic mass is 10.0. The highest BCUT2D eigenvalue weighted by molar-refractivity contribution is 7.91. The first-order valence-electron chi connectivity index (χ1n) is 17.6. The number of benzene rings is 2. The molecule has 6 rings (SSSR count). The van der Waals surface area contributed by atoms with Gasteiger partial charge in [0.15, 0.2) is 15.7 Å². The van der Waals surface area contributed by atoms with Crippen LogP contribution in [0.2, 0.25) is 0 Å². The molecule has 0 bridgehead atoms. The van der Waals surface area contributed by atoms with Crippen molar-refractivity contribution in [3.63, 3.8) is 0 Å². The number of ether oxygens (including phenoxy) is 4. The molecule has 3 aliphatic rings. The number of anilines is 3. The second kappa shape index (κ2) is 17.3. The average molecular weight is 762 g/mol. The van der Waals surface area contributed by atoms with Crippen LogP contribution < -0.4 is 20.9 Å². The molecule has 18 heteroatoms. The van der Waals surface area contributed by atoms with Crippen LogP contribution in [0.3, 0.4) is 0 Å². The van der Waals surface area contributed by atoms with Crippen molar-refractivity contribution >= 4 is 39.0 Å². The molecule has 1 atom stereocenters. The maximum Gasteiger partial charge on any atom is 0.435 e. The van der Waals surface area contributed by atoms with Crippen LogP contribution in [0.15, 0.2) is 41.3 Å². The molecule has 3 N–H and O–H groups in total. The van der Waals surface area contributed by atoms with Crippen LogP contribution in [-0.2, 0) is 35.2 Å². The molecule has 53 heavy (non-hydrogen) atoms. The summed E-state index contributed by atoms with van der Waals surface area (Å²) < 4.78 is 78.7. The SMILES string of the molecule is COCCOCCOC(=O)n1nc(NC(=O)c2ccc(N3CCN(C)CC3)cc2NC2CCOCC2)c2c1CCNC2S(=O)(=O)c1cc(F)cc(F)c1. The molecule has 15 nitrogen and oxygen atoms in total. The second-order valence-corrected chi connectivity index (χ2v) is 15.1. The molecule has 4 heterocycles. The van der Waals surface area contributed by atoms with Crippen molar-refractivity contribution in [2.24, 2.45) is 0 Å². The van der Waals surface area contributed by atoms with Gasteiger partial charge in [0.05, 0.1) is 41.5 Å². The van der Waals surface area contributed by atoms with E-state index >= 15 is 0 Å². The number of hydrogen-bond donors (Lipinski definition) is 3. The number of nitrogens with one attached hydrogen (secondary N) is 3. The number of likely N-dealkylation sites (N-methyl/N-ethyl adjacent to an activating group) is 1. The van der Waals surface area contributed by atoms with E-state index in [-0.39, 0.29) is 61.5 Å². The molecule has 288 valence electrons. The molecule has 2 aromatic carbocycles. The molecule has 2 saturated heterocycles. The largest absolute Gasteiger partial charge is 0.445 e. The number of piperazine rings is 1. The summed E-state index contributed by atoms with van der Waals surface area (Å²) >= 11 is 0. The third kappa shape index (κ3) is 9.13. The lowest BCUT2D eigenvalue weighted by Gasteiger charge is -2.34. The van der Waals surface area contributed by atoms with Crippen molar-refractivity contribution in [1.29, 1.82) is 0 Å². The van der Waals surface area contributed by atoms with Gasteiger partial charge in [-0.25, -0.2) is 22.0 Å². The van der Waals surface area contributed by atoms with Crippen molar-refractivity contribution in [3.05, 3.63) is 64.9 Å². The Balaban J connectivity index is 1.35. The highest BCUT2D eigenvalue weighted by atomic mass is 32.2. The number of amides is 1. The van der Waals surface area contributed by atoms with E-state index in [1.165, 1.54) is 7.11 Å². The van der Waals surface area contributed by atoms with Crippen LogP contribution in [-0.4, -0.2) is 128 Å². The fourth-order valence-corrected chi connectivity index (χ4v) is 8.30. The van der Waals surface area contributed by atoms with Gasteiger partial charge in [0, 0.05) is 83.0 Å². The highest BCUT2D eigenvalue weighted by Gasteiger charge is 2.40. The minimum atomic E-state index is -4.55. The van der Waals surface area contributed by atoms with Crippen LogP contribution in [0.4, 0.5) is 30.8 Å². The van der Waals surface area contributed by atoms with Crippen molar-refractivity contribution in [2.45, 2.75) is 35.6 Å². The molecular formula is C35H45F2N7O8S. The Morgan fingerprint density at radius 3 is 2.43 bits per heavy atom. The van der Waals surface area contributed by atoms with Gasteiger partial charge in [-0.2, -0.15) is 4.68 Å². The third-order valence-electron chi connectivity index (χ3n) is 9.44. The summed E-state index contributed by atoms with van der Waals surface area (Å²) in [5.74, 6) is -3.00. The van der Waals surface area contributed by atoms with Crippen molar-refractivity contribution in [2.75, 3.05) is 102 Å². The molecule has 1 aromatic heterocycles. The molecule has 3 aromatic rings. The van der Waals surface area contributed by atoms with Gasteiger partial charge in [0.2, 0.25) is 0 Å². The van der Waals surface area contributed by atoms with Gasteiger partial charge in [-0.3, -0.25) is 10.1 Å². The molecule has 0 saturated carbocycles. The predicted molar refractivity (Wildman–Crippen MR) is 191 cm³/mol. The van der Waals surface area contributed by atoms with Gasteiger partial charge >= 0.3 is 6.09 Å². The van der Waals surface area contributed by atoms with Crippen molar-refractivity contribution in [1.82, 2.24) is 20.0 Å². The molecule has 1 amide bonds. The molecule has 0 spiro atoms. The summed E-state index contributed by atoms with van der Waals surface area (Å²) in [6, 6.07) is 7.54. The van der Waals surface area contributed by atoms with Crippen LogP contribution >= 0.6 is 0 Å². The van der Waals surface area contributed by atoms with Gasteiger partial charge in [0.25, 0.3) is 5.91 Å². The normalized spacial score (nSPS) is 18.4. The van der Waals surface area contributed by atoms with E-state index < -0.39 is 43.7 Å². The predicted octanol–water partition coefficient (Wildman–Crippen LogP) is 3.02. The highest BCUT2D eigenvalue weighted by Crippen LogP contribution is 2.38. The lowest BCUT2D eigenvalue weighted by molar-refractivity contribution is 0.0417. The molecule has 3 aliphatic heterocycles. The van der Waals surface area contributed by atoms with E-state index in [2.05, 4.69) is 37.9 Å². The van der Waals surface area contributed by atoms with Gasteiger partial charge in [0.1, 0.15) is 23.6 Å². The second-order valence-electron chi connectivity index (χ2n) is 13.1. The maximum atomic E-state index is 14.3. The van der Waals surface area contributed by atoms with Gasteiger partial charge in [-0.15, -0.1) is 5.10 Å². The Kier molecular flexibility index (Phi) is 12.6. The molecular weight excluding hydrogens is 716 g/mol. The van der Waals surface area contributed by atoms with E-state index in [4.69, 9.17) is 18.9 Å². The molecule has 0 aliphatic carbocycles. The van der Waals surface area contributed by atoms with Crippen molar-refractivity contribution in [3.8, 4) is 0 Å². The number of hydrogen-bond acceptors (Lipinski definition) is 13. The Labute approximate surface area is 306 Å². The average Bonchev–Trinajstić information content (AvgIpc) is 3.51. The minimum Gasteiger partial charge on any atom is -0.445 e. The van der Waals surface area contributed by atoms with E-state index in [1.54, 1.807) is 6.07 Å². The first-order valence-corrected chi connectivity index (χ1v) is 19.1. The zero-order valence-corrected chi connectivity index (χ0v) is 30.6. The molecule has 0 radical (unpaired) electrons. The zero-order chi connectivity index (χ0) is 37.5. The monoisotopic (exact) mass is 761 g/mol. The van der Waals surface area contributed by atoms with Gasteiger partial charge in [-0.1, -0.05) is 0 Å². The quantitative estimate of drug-likeness (QED) is 0.218. The van der Waals surface area contributed by atoms with E-state index in [0.717, 1.165) is 49.4 Å². The first-order chi connectivity index (χ1) is 25.5. The zero-order valence-electron chi connectivity index (χ0n) is 29.7. The lowest BCUT2D eigenvalue weighted by Crippen LogP contribution is -2.44. The Hall–Kier alpha value is -4.20. The third-order valence-corrected chi connectivity index (χ3v) is 11.4. The number of carbonyl (C=O) groups is 2. The standard InChI is InChI=1S/C35H45F2N7O8S/c1-42-9-11-43(12-10-42)26-3-4-28(29(22-26)39-25-6-13-50-14-7-25)33(45)40-32-31-30(44(41-32)35(46)52-18-17-51-16-15-49-2)5-8-38-34(31)53(47,48)27-20-23(36)19-24(37)21-27/h3-4,19-22,25,34,38-39H,5-18H2,1-2H3,(H,40,41,45). The van der Waals surface area contributed by atoms with Crippen LogP contribution in [0.25, 0.3) is 0 Å². The Morgan fingerprint density at radius 1 is 1.00 bits per heavy atom. The number of rotatable bonds is 13. The number of carbonyl (C=O) groups excluding carboxylic acids is 2. The topological polar surface area (TPSA) is 166 Å². The summed E-state index contributed by atoms with van der Waals surface area (Å²) in [7, 11) is -0.946.